The van der Waals surface area contributed by atoms with Gasteiger partial charge in [0.25, 0.3) is 0 Å². The number of aliphatic hydroxyl groups is 4. The monoisotopic (exact) mass is 777 g/mol. The van der Waals surface area contributed by atoms with E-state index in [2.05, 4.69) is 31.7 Å². The summed E-state index contributed by atoms with van der Waals surface area (Å²) < 4.78 is 22.1. The lowest BCUT2D eigenvalue weighted by Crippen LogP contribution is -2.59. The molecule has 0 bridgehead atoms. The summed E-state index contributed by atoms with van der Waals surface area (Å²) in [4.78, 5) is 25.3. The van der Waals surface area contributed by atoms with Gasteiger partial charge in [0.15, 0.2) is 12.4 Å². The fourth-order valence-corrected chi connectivity index (χ4v) is 6.24. The van der Waals surface area contributed by atoms with E-state index in [0.29, 0.717) is 12.8 Å². The van der Waals surface area contributed by atoms with Crippen molar-refractivity contribution in [3.8, 4) is 0 Å². The van der Waals surface area contributed by atoms with Crippen LogP contribution in [0.25, 0.3) is 0 Å². The summed E-state index contributed by atoms with van der Waals surface area (Å²) in [6.07, 6.45) is 34.0. The lowest BCUT2D eigenvalue weighted by molar-refractivity contribution is -0.305. The molecular formula is C45H76O10. The van der Waals surface area contributed by atoms with Crippen LogP contribution in [0.3, 0.4) is 0 Å². The first-order valence-corrected chi connectivity index (χ1v) is 21.4. The molecule has 6 atom stereocenters. The number of hydrogen-bond acceptors (Lipinski definition) is 10. The zero-order valence-corrected chi connectivity index (χ0v) is 34.0. The lowest BCUT2D eigenvalue weighted by atomic mass is 9.99. The number of allylic oxidation sites excluding steroid dienone is 9. The smallest absolute Gasteiger partial charge is 0.306 e. The van der Waals surface area contributed by atoms with Crippen LogP contribution >= 0.6 is 0 Å². The summed E-state index contributed by atoms with van der Waals surface area (Å²) in [7, 11) is 0. The standard InChI is InChI=1S/C45H76O10/c1-3-5-7-9-11-13-15-17-19-21-23-25-27-29-31-33-40(47)52-36-38(37-53-45-44(51)43(50)42(49)39(35-46)55-45)54-41(48)34-32-30-28-26-24-22-20-18-16-14-12-10-8-6-4-2/h4-5,7,9,11,13,15,17,19,38-39,42-46,49-51H,2-3,6,8,10,12,14,16,18,20-37H2,1H3/b7-5+,11-9+,15-13+,19-17+/t38-,39-,42+,43?,44?,45-/m0/s1. The predicted octanol–water partition coefficient (Wildman–Crippen LogP) is 8.66. The van der Waals surface area contributed by atoms with Gasteiger partial charge in [0.2, 0.25) is 0 Å². The summed E-state index contributed by atoms with van der Waals surface area (Å²) in [5.41, 5.74) is 0. The zero-order valence-electron chi connectivity index (χ0n) is 34.0. The van der Waals surface area contributed by atoms with Gasteiger partial charge in [-0.3, -0.25) is 9.59 Å². The molecule has 10 nitrogen and oxygen atoms in total. The second kappa shape index (κ2) is 35.8. The van der Waals surface area contributed by atoms with Crippen LogP contribution in [-0.4, -0.2) is 89.0 Å². The summed E-state index contributed by atoms with van der Waals surface area (Å²) in [5, 5.41) is 40.0. The Kier molecular flexibility index (Phi) is 32.8. The number of aliphatic hydroxyl groups excluding tert-OH is 4. The summed E-state index contributed by atoms with van der Waals surface area (Å²) >= 11 is 0. The van der Waals surface area contributed by atoms with E-state index in [0.717, 1.165) is 64.2 Å². The van der Waals surface area contributed by atoms with Gasteiger partial charge in [-0.2, -0.15) is 0 Å². The molecule has 316 valence electrons. The van der Waals surface area contributed by atoms with Crippen molar-refractivity contribution in [2.75, 3.05) is 19.8 Å². The fraction of sp³-hybridized carbons (Fsp3) is 0.733. The second-order valence-electron chi connectivity index (χ2n) is 14.6. The Morgan fingerprint density at radius 2 is 1.11 bits per heavy atom. The summed E-state index contributed by atoms with van der Waals surface area (Å²) in [6.45, 7) is 4.77. The number of carbonyl (C=O) groups is 2. The molecule has 1 fully saturated rings. The number of unbranched alkanes of at least 4 members (excludes halogenated alkanes) is 18. The molecule has 10 heteroatoms. The molecule has 0 aromatic heterocycles. The number of ether oxygens (including phenoxy) is 4. The van der Waals surface area contributed by atoms with Crippen molar-refractivity contribution >= 4 is 11.9 Å². The maximum atomic E-state index is 12.7. The van der Waals surface area contributed by atoms with E-state index >= 15 is 0 Å². The summed E-state index contributed by atoms with van der Waals surface area (Å²) in [5.74, 6) is -0.840. The molecule has 4 N–H and O–H groups in total. The summed E-state index contributed by atoms with van der Waals surface area (Å²) in [6, 6.07) is 0. The molecule has 0 aromatic carbocycles. The number of carbonyl (C=O) groups excluding carboxylic acids is 2. The molecule has 0 spiro atoms. The Morgan fingerprint density at radius 1 is 0.618 bits per heavy atom. The lowest BCUT2D eigenvalue weighted by Gasteiger charge is -2.39. The zero-order chi connectivity index (χ0) is 40.2. The van der Waals surface area contributed by atoms with E-state index in [1.165, 1.54) is 57.8 Å². The highest BCUT2D eigenvalue weighted by atomic mass is 16.7. The van der Waals surface area contributed by atoms with E-state index in [1.54, 1.807) is 0 Å². The van der Waals surface area contributed by atoms with Crippen LogP contribution in [0, 0.1) is 0 Å². The minimum Gasteiger partial charge on any atom is -0.462 e. The van der Waals surface area contributed by atoms with Crippen molar-refractivity contribution in [1.82, 2.24) is 0 Å². The van der Waals surface area contributed by atoms with Gasteiger partial charge in [-0.15, -0.1) is 6.58 Å². The minimum absolute atomic E-state index is 0.220. The van der Waals surface area contributed by atoms with Crippen molar-refractivity contribution in [3.63, 3.8) is 0 Å². The van der Waals surface area contributed by atoms with Gasteiger partial charge in [-0.25, -0.2) is 0 Å². The molecule has 55 heavy (non-hydrogen) atoms. The highest BCUT2D eigenvalue weighted by Gasteiger charge is 2.44. The highest BCUT2D eigenvalue weighted by molar-refractivity contribution is 5.70. The van der Waals surface area contributed by atoms with E-state index in [9.17, 15) is 30.0 Å². The van der Waals surface area contributed by atoms with Crippen LogP contribution in [0.5, 0.6) is 0 Å². The first-order valence-electron chi connectivity index (χ1n) is 21.4. The Morgan fingerprint density at radius 3 is 1.65 bits per heavy atom. The molecule has 1 aliphatic heterocycles. The third kappa shape index (κ3) is 27.6. The van der Waals surface area contributed by atoms with Crippen molar-refractivity contribution in [2.45, 2.75) is 191 Å². The first-order chi connectivity index (χ1) is 26.8. The van der Waals surface area contributed by atoms with Crippen LogP contribution in [0.15, 0.2) is 61.3 Å². The quantitative estimate of drug-likeness (QED) is 0.0213. The van der Waals surface area contributed by atoms with Crippen LogP contribution < -0.4 is 0 Å². The topological polar surface area (TPSA) is 152 Å². The van der Waals surface area contributed by atoms with Gasteiger partial charge in [-0.1, -0.05) is 151 Å². The van der Waals surface area contributed by atoms with E-state index < -0.39 is 55.4 Å². The van der Waals surface area contributed by atoms with Crippen molar-refractivity contribution in [3.05, 3.63) is 61.3 Å². The van der Waals surface area contributed by atoms with Crippen molar-refractivity contribution < 1.29 is 49.0 Å². The molecule has 1 rings (SSSR count). The molecule has 2 unspecified atom stereocenters. The molecule has 1 heterocycles. The van der Waals surface area contributed by atoms with E-state index in [-0.39, 0.29) is 26.1 Å². The third-order valence-electron chi connectivity index (χ3n) is 9.63. The minimum atomic E-state index is -1.60. The second-order valence-corrected chi connectivity index (χ2v) is 14.6. The van der Waals surface area contributed by atoms with Gasteiger partial charge >= 0.3 is 11.9 Å². The van der Waals surface area contributed by atoms with E-state index in [1.807, 2.05) is 36.5 Å². The maximum absolute atomic E-state index is 12.7. The molecule has 1 aliphatic rings. The van der Waals surface area contributed by atoms with Crippen LogP contribution in [0.1, 0.15) is 155 Å². The highest BCUT2D eigenvalue weighted by Crippen LogP contribution is 2.22. The fourth-order valence-electron chi connectivity index (χ4n) is 6.24. The Balaban J connectivity index is 2.36. The number of hydrogen-bond donors (Lipinski definition) is 4. The Bertz CT molecular complexity index is 1070. The third-order valence-corrected chi connectivity index (χ3v) is 9.63. The molecule has 1 saturated heterocycles. The largest absolute Gasteiger partial charge is 0.462 e. The van der Waals surface area contributed by atoms with Crippen LogP contribution in [0.2, 0.25) is 0 Å². The number of esters is 2. The van der Waals surface area contributed by atoms with Gasteiger partial charge in [-0.05, 0) is 44.9 Å². The van der Waals surface area contributed by atoms with Crippen LogP contribution in [0.4, 0.5) is 0 Å². The predicted molar refractivity (Wildman–Crippen MR) is 219 cm³/mol. The Labute approximate surface area is 332 Å². The molecule has 0 amide bonds. The molecule has 0 saturated carbocycles. The molecule has 0 aliphatic carbocycles. The van der Waals surface area contributed by atoms with Crippen molar-refractivity contribution in [1.29, 1.82) is 0 Å². The van der Waals surface area contributed by atoms with E-state index in [4.69, 9.17) is 18.9 Å². The number of rotatable bonds is 35. The van der Waals surface area contributed by atoms with Gasteiger partial charge < -0.3 is 39.4 Å². The Hall–Kier alpha value is -2.60. The molecule has 0 aromatic rings. The van der Waals surface area contributed by atoms with Crippen LogP contribution in [-0.2, 0) is 28.5 Å². The van der Waals surface area contributed by atoms with Crippen molar-refractivity contribution in [2.24, 2.45) is 0 Å². The van der Waals surface area contributed by atoms with Gasteiger partial charge in [0.05, 0.1) is 13.2 Å². The normalized spacial score (nSPS) is 20.9. The van der Waals surface area contributed by atoms with Gasteiger partial charge in [0, 0.05) is 12.8 Å². The first kappa shape index (κ1) is 50.4. The maximum Gasteiger partial charge on any atom is 0.306 e. The molecule has 0 radical (unpaired) electrons. The molecular weight excluding hydrogens is 700 g/mol. The average Bonchev–Trinajstić information content (AvgIpc) is 3.18. The SMILES string of the molecule is C=CCCCCCCCCCCCCCCCC(=O)O[C@@H](COC(=O)CCCCCCC/C=C/C=C/C=C/C=C/CC)CO[C@H]1O[C@@H](CO)[C@@H](O)C(O)C1O. The van der Waals surface area contributed by atoms with Gasteiger partial charge in [0.1, 0.15) is 31.0 Å². The average molecular weight is 777 g/mol.